The maximum absolute atomic E-state index is 14.1. The highest BCUT2D eigenvalue weighted by molar-refractivity contribution is 5.90. The SMILES string of the molecule is COC(=O)c1ccc(N(C)C(CN)C2CC2)c(F)c1F. The van der Waals surface area contributed by atoms with Crippen molar-refractivity contribution in [2.75, 3.05) is 25.6 Å². The van der Waals surface area contributed by atoms with E-state index in [9.17, 15) is 13.6 Å². The maximum Gasteiger partial charge on any atom is 0.340 e. The highest BCUT2D eigenvalue weighted by Gasteiger charge is 2.34. The summed E-state index contributed by atoms with van der Waals surface area (Å²) >= 11 is 0. The third-order valence-corrected chi connectivity index (χ3v) is 3.75. The molecule has 0 amide bonds. The minimum absolute atomic E-state index is 0.0205. The van der Waals surface area contributed by atoms with Crippen molar-refractivity contribution < 1.29 is 18.3 Å². The van der Waals surface area contributed by atoms with Gasteiger partial charge in [-0.15, -0.1) is 0 Å². The molecule has 20 heavy (non-hydrogen) atoms. The number of nitrogens with two attached hydrogens (primary N) is 1. The number of hydrogen-bond donors (Lipinski definition) is 1. The summed E-state index contributed by atoms with van der Waals surface area (Å²) in [6, 6.07) is 2.60. The summed E-state index contributed by atoms with van der Waals surface area (Å²) in [4.78, 5) is 13.0. The molecule has 1 aromatic carbocycles. The Bertz CT molecular complexity index is 518. The molecule has 0 heterocycles. The fourth-order valence-corrected chi connectivity index (χ4v) is 2.41. The first-order valence-corrected chi connectivity index (χ1v) is 6.50. The van der Waals surface area contributed by atoms with Gasteiger partial charge in [-0.05, 0) is 30.9 Å². The second-order valence-corrected chi connectivity index (χ2v) is 5.00. The van der Waals surface area contributed by atoms with Crippen LogP contribution in [0.3, 0.4) is 0 Å². The summed E-state index contributed by atoms with van der Waals surface area (Å²) < 4.78 is 32.4. The lowest BCUT2D eigenvalue weighted by molar-refractivity contribution is 0.0594. The number of esters is 1. The molecule has 1 aliphatic rings. The van der Waals surface area contributed by atoms with Gasteiger partial charge in [-0.3, -0.25) is 0 Å². The van der Waals surface area contributed by atoms with Crippen LogP contribution < -0.4 is 10.6 Å². The van der Waals surface area contributed by atoms with Crippen molar-refractivity contribution in [2.24, 2.45) is 11.7 Å². The van der Waals surface area contributed by atoms with Crippen LogP contribution in [0, 0.1) is 17.6 Å². The fourth-order valence-electron chi connectivity index (χ4n) is 2.41. The Balaban J connectivity index is 2.33. The van der Waals surface area contributed by atoms with Gasteiger partial charge in [0.2, 0.25) is 0 Å². The zero-order valence-corrected chi connectivity index (χ0v) is 11.5. The Hall–Kier alpha value is -1.69. The quantitative estimate of drug-likeness (QED) is 0.839. The molecule has 2 N–H and O–H groups in total. The number of ether oxygens (including phenoxy) is 1. The van der Waals surface area contributed by atoms with Gasteiger partial charge in [-0.25, -0.2) is 13.6 Å². The molecule has 1 aromatic rings. The molecule has 1 aliphatic carbocycles. The van der Waals surface area contributed by atoms with Crippen LogP contribution in [0.15, 0.2) is 12.1 Å². The second-order valence-electron chi connectivity index (χ2n) is 5.00. The number of carbonyl (C=O) groups is 1. The van der Waals surface area contributed by atoms with Gasteiger partial charge in [-0.1, -0.05) is 0 Å². The van der Waals surface area contributed by atoms with E-state index in [1.54, 1.807) is 11.9 Å². The number of hydrogen-bond acceptors (Lipinski definition) is 4. The first-order valence-electron chi connectivity index (χ1n) is 6.50. The molecule has 0 radical (unpaired) electrons. The first-order chi connectivity index (χ1) is 9.51. The summed E-state index contributed by atoms with van der Waals surface area (Å²) in [5.74, 6) is -2.71. The van der Waals surface area contributed by atoms with Gasteiger partial charge in [0.1, 0.15) is 0 Å². The zero-order chi connectivity index (χ0) is 14.9. The molecule has 2 rings (SSSR count). The van der Waals surface area contributed by atoms with E-state index in [1.165, 1.54) is 12.1 Å². The molecule has 0 aliphatic heterocycles. The standard InChI is InChI=1S/C14H18F2N2O2/c1-18(11(7-17)8-3-4-8)10-6-5-9(14(19)20-2)12(15)13(10)16/h5-6,8,11H,3-4,7,17H2,1-2H3. The summed E-state index contributed by atoms with van der Waals surface area (Å²) in [6.45, 7) is 0.376. The largest absolute Gasteiger partial charge is 0.465 e. The van der Waals surface area contributed by atoms with E-state index in [0.29, 0.717) is 12.5 Å². The van der Waals surface area contributed by atoms with Crippen LogP contribution in [0.4, 0.5) is 14.5 Å². The molecular formula is C14H18F2N2O2. The number of methoxy groups -OCH3 is 1. The highest BCUT2D eigenvalue weighted by atomic mass is 19.2. The van der Waals surface area contributed by atoms with Crippen LogP contribution in [-0.4, -0.2) is 32.7 Å². The fraction of sp³-hybridized carbons (Fsp3) is 0.500. The lowest BCUT2D eigenvalue weighted by atomic mass is 10.1. The van der Waals surface area contributed by atoms with Gasteiger partial charge in [-0.2, -0.15) is 0 Å². The van der Waals surface area contributed by atoms with Crippen molar-refractivity contribution >= 4 is 11.7 Å². The van der Waals surface area contributed by atoms with Gasteiger partial charge in [0, 0.05) is 19.6 Å². The van der Waals surface area contributed by atoms with E-state index in [-0.39, 0.29) is 11.7 Å². The molecule has 6 heteroatoms. The van der Waals surface area contributed by atoms with Crippen molar-refractivity contribution in [2.45, 2.75) is 18.9 Å². The first kappa shape index (κ1) is 14.7. The molecule has 0 saturated heterocycles. The number of rotatable bonds is 5. The van der Waals surface area contributed by atoms with Crippen LogP contribution in [0.5, 0.6) is 0 Å². The van der Waals surface area contributed by atoms with E-state index in [4.69, 9.17) is 5.73 Å². The van der Waals surface area contributed by atoms with Crippen LogP contribution in [0.1, 0.15) is 23.2 Å². The van der Waals surface area contributed by atoms with Crippen LogP contribution in [0.2, 0.25) is 0 Å². The molecular weight excluding hydrogens is 266 g/mol. The monoisotopic (exact) mass is 284 g/mol. The third kappa shape index (κ3) is 2.60. The molecule has 0 spiro atoms. The normalized spacial score (nSPS) is 15.8. The zero-order valence-electron chi connectivity index (χ0n) is 11.5. The maximum atomic E-state index is 14.1. The topological polar surface area (TPSA) is 55.6 Å². The van der Waals surface area contributed by atoms with Gasteiger partial charge >= 0.3 is 5.97 Å². The Morgan fingerprint density at radius 1 is 1.45 bits per heavy atom. The molecule has 4 nitrogen and oxygen atoms in total. The van der Waals surface area contributed by atoms with E-state index in [2.05, 4.69) is 4.74 Å². The van der Waals surface area contributed by atoms with Crippen molar-refractivity contribution in [3.8, 4) is 0 Å². The van der Waals surface area contributed by atoms with Crippen LogP contribution in [-0.2, 0) is 4.74 Å². The smallest absolute Gasteiger partial charge is 0.340 e. The Morgan fingerprint density at radius 3 is 2.60 bits per heavy atom. The molecule has 0 aromatic heterocycles. The third-order valence-electron chi connectivity index (χ3n) is 3.75. The van der Waals surface area contributed by atoms with E-state index in [1.807, 2.05) is 0 Å². The molecule has 0 bridgehead atoms. The Morgan fingerprint density at radius 2 is 2.10 bits per heavy atom. The van der Waals surface area contributed by atoms with Gasteiger partial charge in [0.15, 0.2) is 11.6 Å². The average Bonchev–Trinajstić information content (AvgIpc) is 3.26. The molecule has 1 fully saturated rings. The number of likely N-dealkylation sites (N-methyl/N-ethyl adjacent to an activating group) is 1. The summed E-state index contributed by atoms with van der Waals surface area (Å²) in [7, 11) is 2.81. The van der Waals surface area contributed by atoms with Gasteiger partial charge < -0.3 is 15.4 Å². The summed E-state index contributed by atoms with van der Waals surface area (Å²) in [6.07, 6.45) is 2.10. The van der Waals surface area contributed by atoms with Crippen molar-refractivity contribution in [1.29, 1.82) is 0 Å². The number of nitrogens with zero attached hydrogens (tertiary/aromatic N) is 1. The average molecular weight is 284 g/mol. The molecule has 110 valence electrons. The predicted molar refractivity (Wildman–Crippen MR) is 71.7 cm³/mol. The Labute approximate surface area is 116 Å². The highest BCUT2D eigenvalue weighted by Crippen LogP contribution is 2.37. The Kier molecular flexibility index (Phi) is 4.23. The predicted octanol–water partition coefficient (Wildman–Crippen LogP) is 1.92. The molecule has 1 saturated carbocycles. The van der Waals surface area contributed by atoms with Crippen LogP contribution >= 0.6 is 0 Å². The van der Waals surface area contributed by atoms with Crippen molar-refractivity contribution in [3.63, 3.8) is 0 Å². The van der Waals surface area contributed by atoms with Crippen molar-refractivity contribution in [1.82, 2.24) is 0 Å². The minimum atomic E-state index is -1.19. The molecule has 1 unspecified atom stereocenters. The second kappa shape index (κ2) is 5.75. The lowest BCUT2D eigenvalue weighted by Gasteiger charge is -2.29. The van der Waals surface area contributed by atoms with Gasteiger partial charge in [0.25, 0.3) is 0 Å². The number of benzene rings is 1. The van der Waals surface area contributed by atoms with E-state index < -0.39 is 23.2 Å². The summed E-state index contributed by atoms with van der Waals surface area (Å²) in [5, 5.41) is 0. The number of halogens is 2. The lowest BCUT2D eigenvalue weighted by Crippen LogP contribution is -2.40. The van der Waals surface area contributed by atoms with E-state index >= 15 is 0 Å². The van der Waals surface area contributed by atoms with E-state index in [0.717, 1.165) is 20.0 Å². The number of carbonyl (C=O) groups excluding carboxylic acids is 1. The van der Waals surface area contributed by atoms with Crippen LogP contribution in [0.25, 0.3) is 0 Å². The van der Waals surface area contributed by atoms with Gasteiger partial charge in [0.05, 0.1) is 18.4 Å². The molecule has 1 atom stereocenters. The van der Waals surface area contributed by atoms with Crippen molar-refractivity contribution in [3.05, 3.63) is 29.3 Å². The summed E-state index contributed by atoms with van der Waals surface area (Å²) in [5.41, 5.74) is 5.41. The minimum Gasteiger partial charge on any atom is -0.465 e. The number of anilines is 1.